The predicted molar refractivity (Wildman–Crippen MR) is 60.6 cm³/mol. The third-order valence-electron chi connectivity index (χ3n) is 3.75. The summed E-state index contributed by atoms with van der Waals surface area (Å²) in [5.74, 6) is 0.653. The van der Waals surface area contributed by atoms with E-state index >= 15 is 0 Å². The van der Waals surface area contributed by atoms with Crippen LogP contribution in [0.2, 0.25) is 0 Å². The van der Waals surface area contributed by atoms with E-state index in [1.807, 2.05) is 0 Å². The summed E-state index contributed by atoms with van der Waals surface area (Å²) in [6, 6.07) is 0.459. The molecule has 0 saturated carbocycles. The smallest absolute Gasteiger partial charge is 0.227 e. The second-order valence-electron chi connectivity index (χ2n) is 4.92. The molecule has 3 heteroatoms. The van der Waals surface area contributed by atoms with Crippen LogP contribution >= 0.6 is 0 Å². The summed E-state index contributed by atoms with van der Waals surface area (Å²) in [6.45, 7) is 5.09. The van der Waals surface area contributed by atoms with Gasteiger partial charge in [0, 0.05) is 19.1 Å². The van der Waals surface area contributed by atoms with E-state index in [0.29, 0.717) is 11.9 Å². The molecule has 2 atom stereocenters. The van der Waals surface area contributed by atoms with Gasteiger partial charge < -0.3 is 10.2 Å². The topological polar surface area (TPSA) is 32.3 Å². The number of hydrogen-bond acceptors (Lipinski definition) is 2. The van der Waals surface area contributed by atoms with E-state index in [1.165, 1.54) is 25.7 Å². The lowest BCUT2D eigenvalue weighted by Crippen LogP contribution is -2.42. The van der Waals surface area contributed by atoms with E-state index in [4.69, 9.17) is 0 Å². The largest absolute Gasteiger partial charge is 0.340 e. The minimum atomic E-state index is 0.255. The standard InChI is InChI=1S/C12H22N2O/c1-10-5-3-2-4-8-14(10)12(15)11-6-7-13-9-11/h10-11,13H,2-9H2,1H3/t10?,11-/m1/s1. The van der Waals surface area contributed by atoms with Gasteiger partial charge in [-0.05, 0) is 32.7 Å². The summed E-state index contributed by atoms with van der Waals surface area (Å²) in [5.41, 5.74) is 0. The van der Waals surface area contributed by atoms with E-state index in [-0.39, 0.29) is 5.92 Å². The highest BCUT2D eigenvalue weighted by molar-refractivity contribution is 5.79. The number of hydrogen-bond donors (Lipinski definition) is 1. The first-order chi connectivity index (χ1) is 7.29. The summed E-state index contributed by atoms with van der Waals surface area (Å²) < 4.78 is 0. The summed E-state index contributed by atoms with van der Waals surface area (Å²) >= 11 is 0. The second-order valence-corrected chi connectivity index (χ2v) is 4.92. The molecular weight excluding hydrogens is 188 g/mol. The first-order valence-corrected chi connectivity index (χ1v) is 6.30. The van der Waals surface area contributed by atoms with Crippen molar-refractivity contribution in [3.63, 3.8) is 0 Å². The minimum Gasteiger partial charge on any atom is -0.340 e. The third-order valence-corrected chi connectivity index (χ3v) is 3.75. The van der Waals surface area contributed by atoms with Crippen LogP contribution in [0.25, 0.3) is 0 Å². The van der Waals surface area contributed by atoms with Crippen LogP contribution in [0.15, 0.2) is 0 Å². The quantitative estimate of drug-likeness (QED) is 0.709. The summed E-state index contributed by atoms with van der Waals surface area (Å²) in [7, 11) is 0. The van der Waals surface area contributed by atoms with Gasteiger partial charge in [0.15, 0.2) is 0 Å². The van der Waals surface area contributed by atoms with Gasteiger partial charge in [-0.1, -0.05) is 12.8 Å². The van der Waals surface area contributed by atoms with Gasteiger partial charge in [0.25, 0.3) is 0 Å². The molecule has 0 aliphatic carbocycles. The highest BCUT2D eigenvalue weighted by Crippen LogP contribution is 2.20. The first-order valence-electron chi connectivity index (χ1n) is 6.30. The molecule has 2 saturated heterocycles. The molecule has 0 bridgehead atoms. The average molecular weight is 210 g/mol. The molecule has 15 heavy (non-hydrogen) atoms. The molecule has 2 aliphatic heterocycles. The van der Waals surface area contributed by atoms with Crippen molar-refractivity contribution < 1.29 is 4.79 Å². The lowest BCUT2D eigenvalue weighted by atomic mass is 10.1. The van der Waals surface area contributed by atoms with Crippen LogP contribution in [0.4, 0.5) is 0 Å². The van der Waals surface area contributed by atoms with E-state index in [0.717, 1.165) is 26.1 Å². The monoisotopic (exact) mass is 210 g/mol. The van der Waals surface area contributed by atoms with Crippen molar-refractivity contribution in [1.29, 1.82) is 0 Å². The molecular formula is C12H22N2O. The number of nitrogens with zero attached hydrogens (tertiary/aromatic N) is 1. The van der Waals surface area contributed by atoms with Crippen LogP contribution in [0.5, 0.6) is 0 Å². The minimum absolute atomic E-state index is 0.255. The number of carbonyl (C=O) groups excluding carboxylic acids is 1. The maximum Gasteiger partial charge on any atom is 0.227 e. The highest BCUT2D eigenvalue weighted by atomic mass is 16.2. The van der Waals surface area contributed by atoms with Crippen molar-refractivity contribution in [2.45, 2.75) is 45.1 Å². The zero-order valence-corrected chi connectivity index (χ0v) is 9.67. The van der Waals surface area contributed by atoms with Crippen LogP contribution in [-0.2, 0) is 4.79 Å². The van der Waals surface area contributed by atoms with Crippen LogP contribution in [0, 0.1) is 5.92 Å². The fourth-order valence-corrected chi connectivity index (χ4v) is 2.70. The van der Waals surface area contributed by atoms with Crippen LogP contribution < -0.4 is 5.32 Å². The lowest BCUT2D eigenvalue weighted by Gasteiger charge is -2.29. The van der Waals surface area contributed by atoms with Crippen molar-refractivity contribution in [1.82, 2.24) is 10.2 Å². The lowest BCUT2D eigenvalue weighted by molar-refractivity contribution is -0.136. The highest BCUT2D eigenvalue weighted by Gasteiger charge is 2.30. The molecule has 0 aromatic rings. The Kier molecular flexibility index (Phi) is 3.62. The van der Waals surface area contributed by atoms with Crippen LogP contribution in [0.3, 0.4) is 0 Å². The van der Waals surface area contributed by atoms with Gasteiger partial charge in [-0.15, -0.1) is 0 Å². The molecule has 1 unspecified atom stereocenters. The summed E-state index contributed by atoms with van der Waals surface area (Å²) in [4.78, 5) is 14.4. The van der Waals surface area contributed by atoms with Crippen molar-refractivity contribution in [2.75, 3.05) is 19.6 Å². The van der Waals surface area contributed by atoms with Crippen molar-refractivity contribution >= 4 is 5.91 Å². The predicted octanol–water partition coefficient (Wildman–Crippen LogP) is 1.39. The molecule has 0 spiro atoms. The SMILES string of the molecule is CC1CCCCCN1C(=O)[C@@H]1CCNC1. The maximum atomic E-state index is 12.2. The fourth-order valence-electron chi connectivity index (χ4n) is 2.70. The van der Waals surface area contributed by atoms with Gasteiger partial charge in [0.05, 0.1) is 5.92 Å². The fraction of sp³-hybridized carbons (Fsp3) is 0.917. The van der Waals surface area contributed by atoms with E-state index < -0.39 is 0 Å². The molecule has 0 radical (unpaired) electrons. The van der Waals surface area contributed by atoms with Gasteiger partial charge in [0.2, 0.25) is 5.91 Å². The molecule has 3 nitrogen and oxygen atoms in total. The van der Waals surface area contributed by atoms with Crippen LogP contribution in [-0.4, -0.2) is 36.5 Å². The molecule has 2 aliphatic rings. The zero-order valence-electron chi connectivity index (χ0n) is 9.67. The molecule has 0 aromatic carbocycles. The van der Waals surface area contributed by atoms with E-state index in [1.54, 1.807) is 0 Å². The Bertz CT molecular complexity index is 224. The summed E-state index contributed by atoms with van der Waals surface area (Å²) in [6.07, 6.45) is 5.98. The number of amides is 1. The molecule has 1 N–H and O–H groups in total. The third kappa shape index (κ3) is 2.51. The van der Waals surface area contributed by atoms with E-state index in [9.17, 15) is 4.79 Å². The molecule has 86 valence electrons. The molecule has 2 heterocycles. The molecule has 2 fully saturated rings. The maximum absolute atomic E-state index is 12.2. The number of likely N-dealkylation sites (tertiary alicyclic amines) is 1. The van der Waals surface area contributed by atoms with Gasteiger partial charge in [0.1, 0.15) is 0 Å². The average Bonchev–Trinajstić information content (AvgIpc) is 2.68. The number of nitrogens with one attached hydrogen (secondary N) is 1. The zero-order chi connectivity index (χ0) is 10.7. The molecule has 2 rings (SSSR count). The van der Waals surface area contributed by atoms with Crippen molar-refractivity contribution in [3.8, 4) is 0 Å². The number of rotatable bonds is 1. The summed E-state index contributed by atoms with van der Waals surface area (Å²) in [5, 5.41) is 3.28. The Morgan fingerprint density at radius 1 is 1.27 bits per heavy atom. The number of carbonyl (C=O) groups is 1. The van der Waals surface area contributed by atoms with Gasteiger partial charge in [-0.25, -0.2) is 0 Å². The van der Waals surface area contributed by atoms with Crippen LogP contribution in [0.1, 0.15) is 39.0 Å². The van der Waals surface area contributed by atoms with Gasteiger partial charge in [-0.3, -0.25) is 4.79 Å². The Labute approximate surface area is 92.2 Å². The Morgan fingerprint density at radius 3 is 2.87 bits per heavy atom. The van der Waals surface area contributed by atoms with E-state index in [2.05, 4.69) is 17.1 Å². The Balaban J connectivity index is 1.96. The Morgan fingerprint density at radius 2 is 2.13 bits per heavy atom. The first kappa shape index (κ1) is 10.9. The van der Waals surface area contributed by atoms with Gasteiger partial charge in [-0.2, -0.15) is 0 Å². The van der Waals surface area contributed by atoms with Crippen molar-refractivity contribution in [3.05, 3.63) is 0 Å². The van der Waals surface area contributed by atoms with Gasteiger partial charge >= 0.3 is 0 Å². The molecule has 0 aromatic heterocycles. The normalized spacial score (nSPS) is 32.7. The Hall–Kier alpha value is -0.570. The molecule has 1 amide bonds. The second kappa shape index (κ2) is 4.97. The van der Waals surface area contributed by atoms with Crippen molar-refractivity contribution in [2.24, 2.45) is 5.92 Å².